The summed E-state index contributed by atoms with van der Waals surface area (Å²) in [5.74, 6) is 1.00. The lowest BCUT2D eigenvalue weighted by atomic mass is 10.0. The molecule has 2 aromatic rings. The molecule has 1 aromatic carbocycles. The molecule has 0 spiro atoms. The third kappa shape index (κ3) is 2.99. The summed E-state index contributed by atoms with van der Waals surface area (Å²) in [7, 11) is 3.98. The van der Waals surface area contributed by atoms with Gasteiger partial charge in [0.2, 0.25) is 0 Å². The number of nitrogens with one attached hydrogen (secondary N) is 1. The maximum absolute atomic E-state index is 8.11. The van der Waals surface area contributed by atoms with Gasteiger partial charge < -0.3 is 9.47 Å². The highest BCUT2D eigenvalue weighted by atomic mass is 32.2. The second-order valence-electron chi connectivity index (χ2n) is 6.47. The largest absolute Gasteiger partial charge is 0.346 e. The van der Waals surface area contributed by atoms with Crippen LogP contribution in [0, 0.1) is 4.78 Å². The van der Waals surface area contributed by atoms with Gasteiger partial charge in [0.15, 0.2) is 0 Å². The van der Waals surface area contributed by atoms with Gasteiger partial charge in [0.1, 0.15) is 0 Å². The van der Waals surface area contributed by atoms with Crippen molar-refractivity contribution in [1.29, 1.82) is 4.78 Å². The molecular formula is C18H29N3S. The molecule has 0 bridgehead atoms. The SMILES string of the molecule is CC.CN(C)C(C)(C)Cn1ccc2c3c(ccc21)S(=N)CC3. The predicted molar refractivity (Wildman–Crippen MR) is 98.0 cm³/mol. The molecular weight excluding hydrogens is 290 g/mol. The Morgan fingerprint density at radius 2 is 1.91 bits per heavy atom. The van der Waals surface area contributed by atoms with Gasteiger partial charge in [0.25, 0.3) is 0 Å². The van der Waals surface area contributed by atoms with Gasteiger partial charge in [-0.2, -0.15) is 0 Å². The van der Waals surface area contributed by atoms with Gasteiger partial charge in [-0.25, -0.2) is 0 Å². The van der Waals surface area contributed by atoms with Gasteiger partial charge in [-0.15, -0.1) is 0 Å². The molecule has 1 unspecified atom stereocenters. The maximum atomic E-state index is 8.11. The van der Waals surface area contributed by atoms with Gasteiger partial charge in [0.05, 0.1) is 0 Å². The minimum atomic E-state index is -0.288. The maximum Gasteiger partial charge on any atom is 0.0484 e. The Balaban J connectivity index is 0.000000847. The van der Waals surface area contributed by atoms with Crippen LogP contribution in [0.2, 0.25) is 0 Å². The van der Waals surface area contributed by atoms with Crippen LogP contribution in [0.1, 0.15) is 33.3 Å². The Morgan fingerprint density at radius 1 is 1.23 bits per heavy atom. The Labute approximate surface area is 137 Å². The second kappa shape index (κ2) is 6.55. The molecule has 3 nitrogen and oxygen atoms in total. The monoisotopic (exact) mass is 319 g/mol. The van der Waals surface area contributed by atoms with Gasteiger partial charge in [0, 0.05) is 39.8 Å². The average Bonchev–Trinajstić information content (AvgIpc) is 3.05. The first kappa shape index (κ1) is 17.2. The molecule has 0 amide bonds. The molecule has 4 heteroatoms. The van der Waals surface area contributed by atoms with E-state index in [2.05, 4.69) is 61.8 Å². The number of hydrogen-bond donors (Lipinski definition) is 1. The number of likely N-dealkylation sites (N-methyl/N-ethyl adjacent to an activating group) is 1. The van der Waals surface area contributed by atoms with Crippen molar-refractivity contribution in [3.8, 4) is 0 Å². The predicted octanol–water partition coefficient (Wildman–Crippen LogP) is 4.30. The Morgan fingerprint density at radius 3 is 2.55 bits per heavy atom. The lowest BCUT2D eigenvalue weighted by Crippen LogP contribution is -2.41. The zero-order valence-corrected chi connectivity index (χ0v) is 15.5. The van der Waals surface area contributed by atoms with Crippen molar-refractivity contribution in [2.75, 3.05) is 19.8 Å². The fourth-order valence-electron chi connectivity index (χ4n) is 2.81. The highest BCUT2D eigenvalue weighted by Gasteiger charge is 2.23. The van der Waals surface area contributed by atoms with E-state index in [1.165, 1.54) is 21.4 Å². The van der Waals surface area contributed by atoms with Crippen LogP contribution in [-0.4, -0.2) is 34.9 Å². The minimum absolute atomic E-state index is 0.130. The molecule has 0 saturated heterocycles. The highest BCUT2D eigenvalue weighted by molar-refractivity contribution is 7.86. The van der Waals surface area contributed by atoms with Crippen LogP contribution >= 0.6 is 0 Å². The molecule has 1 aliphatic heterocycles. The second-order valence-corrected chi connectivity index (χ2v) is 8.10. The van der Waals surface area contributed by atoms with Gasteiger partial charge in [-0.1, -0.05) is 24.5 Å². The Kier molecular flexibility index (Phi) is 5.13. The number of rotatable bonds is 3. The number of nitrogens with zero attached hydrogens (tertiary/aromatic N) is 2. The van der Waals surface area contributed by atoms with Crippen molar-refractivity contribution in [2.24, 2.45) is 0 Å². The number of hydrogen-bond acceptors (Lipinski definition) is 2. The molecule has 0 fully saturated rings. The fraction of sp³-hybridized carbons (Fsp3) is 0.556. The molecule has 1 aromatic heterocycles. The molecule has 2 heterocycles. The topological polar surface area (TPSA) is 32.0 Å². The zero-order chi connectivity index (χ0) is 16.5. The summed E-state index contributed by atoms with van der Waals surface area (Å²) in [4.78, 5) is 3.54. The van der Waals surface area contributed by atoms with Crippen LogP contribution in [-0.2, 0) is 23.7 Å². The zero-order valence-electron chi connectivity index (χ0n) is 14.7. The minimum Gasteiger partial charge on any atom is -0.346 e. The van der Waals surface area contributed by atoms with E-state index >= 15 is 0 Å². The standard InChI is InChI=1S/C16H23N3S.C2H6/c1-16(2,18(3)4)11-19-9-7-12-13-8-10-20(17)15(13)6-5-14(12)19;1-2/h5-7,9,17H,8,10-11H2,1-4H3;1-2H3. The lowest BCUT2D eigenvalue weighted by Gasteiger charge is -2.33. The quantitative estimate of drug-likeness (QED) is 0.898. The summed E-state index contributed by atoms with van der Waals surface area (Å²) in [6.45, 7) is 9.52. The molecule has 1 N–H and O–H groups in total. The van der Waals surface area contributed by atoms with Crippen LogP contribution in [0.15, 0.2) is 29.3 Å². The van der Waals surface area contributed by atoms with Crippen LogP contribution in [0.25, 0.3) is 10.9 Å². The first-order chi connectivity index (χ1) is 10.4. The number of benzene rings is 1. The first-order valence-corrected chi connectivity index (χ1v) is 9.50. The summed E-state index contributed by atoms with van der Waals surface area (Å²) in [5.41, 5.74) is 2.87. The van der Waals surface area contributed by atoms with Crippen LogP contribution < -0.4 is 0 Å². The highest BCUT2D eigenvalue weighted by Crippen LogP contribution is 2.32. The van der Waals surface area contributed by atoms with Gasteiger partial charge in [-0.05, 0) is 58.1 Å². The molecule has 1 atom stereocenters. The van der Waals surface area contributed by atoms with Crippen molar-refractivity contribution in [3.05, 3.63) is 30.0 Å². The normalized spacial score (nSPS) is 17.5. The van der Waals surface area contributed by atoms with Crippen molar-refractivity contribution >= 4 is 21.6 Å². The van der Waals surface area contributed by atoms with Crippen LogP contribution in [0.3, 0.4) is 0 Å². The number of fused-ring (bicyclic) bond motifs is 3. The third-order valence-electron chi connectivity index (χ3n) is 4.61. The molecule has 1 aliphatic rings. The van der Waals surface area contributed by atoms with Crippen molar-refractivity contribution in [3.63, 3.8) is 0 Å². The van der Waals surface area contributed by atoms with Crippen LogP contribution in [0.5, 0.6) is 0 Å². The average molecular weight is 320 g/mol. The molecule has 22 heavy (non-hydrogen) atoms. The molecule has 0 aliphatic carbocycles. The van der Waals surface area contributed by atoms with E-state index in [0.717, 1.165) is 18.7 Å². The summed E-state index contributed by atoms with van der Waals surface area (Å²) >= 11 is 0. The van der Waals surface area contributed by atoms with E-state index in [0.29, 0.717) is 0 Å². The molecule has 0 radical (unpaired) electrons. The number of aryl methyl sites for hydroxylation is 1. The first-order valence-electron chi connectivity index (χ1n) is 8.10. The summed E-state index contributed by atoms with van der Waals surface area (Å²) in [6, 6.07) is 6.63. The smallest absolute Gasteiger partial charge is 0.0484 e. The molecule has 3 rings (SSSR count). The van der Waals surface area contributed by atoms with Crippen molar-refractivity contribution < 1.29 is 0 Å². The van der Waals surface area contributed by atoms with Crippen LogP contribution in [0.4, 0.5) is 0 Å². The summed E-state index contributed by atoms with van der Waals surface area (Å²) in [6.07, 6.45) is 3.27. The van der Waals surface area contributed by atoms with Gasteiger partial charge in [-0.3, -0.25) is 4.78 Å². The third-order valence-corrected chi connectivity index (χ3v) is 6.14. The fourth-order valence-corrected chi connectivity index (χ4v) is 4.18. The summed E-state index contributed by atoms with van der Waals surface area (Å²) in [5, 5.41) is 1.36. The molecule has 0 saturated carbocycles. The molecule has 122 valence electrons. The lowest BCUT2D eigenvalue weighted by molar-refractivity contribution is 0.171. The van der Waals surface area contributed by atoms with Crippen molar-refractivity contribution in [2.45, 2.75) is 51.1 Å². The van der Waals surface area contributed by atoms with E-state index < -0.39 is 0 Å². The van der Waals surface area contributed by atoms with Crippen molar-refractivity contribution in [1.82, 2.24) is 9.47 Å². The van der Waals surface area contributed by atoms with E-state index in [-0.39, 0.29) is 16.2 Å². The number of aromatic nitrogens is 1. The Hall–Kier alpha value is -1.13. The van der Waals surface area contributed by atoms with E-state index in [1.807, 2.05) is 13.8 Å². The van der Waals surface area contributed by atoms with E-state index in [9.17, 15) is 0 Å². The van der Waals surface area contributed by atoms with E-state index in [1.54, 1.807) is 0 Å². The van der Waals surface area contributed by atoms with Gasteiger partial charge >= 0.3 is 0 Å². The van der Waals surface area contributed by atoms with E-state index in [4.69, 9.17) is 4.78 Å². The summed E-state index contributed by atoms with van der Waals surface area (Å²) < 4.78 is 10.5. The Bertz CT molecular complexity index is 683.